The summed E-state index contributed by atoms with van der Waals surface area (Å²) in [5.74, 6) is 0.563. The third kappa shape index (κ3) is 3.39. The third-order valence-electron chi connectivity index (χ3n) is 4.13. The number of nitrogens with zero attached hydrogens (tertiary/aromatic N) is 3. The van der Waals surface area contributed by atoms with Crippen molar-refractivity contribution >= 4 is 28.7 Å². The fourth-order valence-electron chi connectivity index (χ4n) is 2.80. The molecule has 3 heterocycles. The van der Waals surface area contributed by atoms with Crippen molar-refractivity contribution in [3.05, 3.63) is 65.4 Å². The van der Waals surface area contributed by atoms with Gasteiger partial charge in [0.2, 0.25) is 0 Å². The Hall–Kier alpha value is -3.25. The zero-order chi connectivity index (χ0) is 18.8. The second kappa shape index (κ2) is 7.17. The summed E-state index contributed by atoms with van der Waals surface area (Å²) in [4.78, 5) is 28.2. The summed E-state index contributed by atoms with van der Waals surface area (Å²) >= 11 is 6.35. The molecular formula is C20H16ClN5O. The number of benzene rings is 1. The number of pyridine rings is 2. The number of aromatic amines is 1. The first-order valence-corrected chi connectivity index (χ1v) is 8.89. The van der Waals surface area contributed by atoms with Gasteiger partial charge in [-0.05, 0) is 25.1 Å². The van der Waals surface area contributed by atoms with E-state index in [0.717, 1.165) is 22.5 Å². The minimum absolute atomic E-state index is 0.188. The zero-order valence-electron chi connectivity index (χ0n) is 14.5. The van der Waals surface area contributed by atoms with Gasteiger partial charge in [0.05, 0.1) is 21.8 Å². The van der Waals surface area contributed by atoms with Crippen molar-refractivity contribution in [1.29, 1.82) is 0 Å². The van der Waals surface area contributed by atoms with Crippen LogP contribution in [0, 0.1) is 0 Å². The number of rotatable bonds is 4. The van der Waals surface area contributed by atoms with Crippen molar-refractivity contribution in [3.63, 3.8) is 0 Å². The van der Waals surface area contributed by atoms with Gasteiger partial charge in [0, 0.05) is 30.1 Å². The number of aromatic nitrogens is 4. The minimum Gasteiger partial charge on any atom is -0.352 e. The van der Waals surface area contributed by atoms with E-state index in [0.29, 0.717) is 28.5 Å². The highest BCUT2D eigenvalue weighted by Crippen LogP contribution is 2.28. The van der Waals surface area contributed by atoms with Crippen LogP contribution in [0.25, 0.3) is 33.8 Å². The van der Waals surface area contributed by atoms with Crippen LogP contribution in [0.1, 0.15) is 17.3 Å². The third-order valence-corrected chi connectivity index (χ3v) is 4.42. The van der Waals surface area contributed by atoms with E-state index in [4.69, 9.17) is 11.6 Å². The summed E-state index contributed by atoms with van der Waals surface area (Å²) in [5, 5.41) is 3.16. The SMILES string of the molecule is CCNC(=O)c1cnc(-c2ccc(-c3nc4ncccc4[nH]3)cc2)c(Cl)c1. The lowest BCUT2D eigenvalue weighted by Gasteiger charge is -2.07. The lowest BCUT2D eigenvalue weighted by atomic mass is 10.1. The Balaban J connectivity index is 1.63. The van der Waals surface area contributed by atoms with Crippen molar-refractivity contribution in [2.24, 2.45) is 0 Å². The van der Waals surface area contributed by atoms with Crippen LogP contribution in [0.5, 0.6) is 0 Å². The molecule has 6 nitrogen and oxygen atoms in total. The van der Waals surface area contributed by atoms with Gasteiger partial charge < -0.3 is 10.3 Å². The van der Waals surface area contributed by atoms with Crippen molar-refractivity contribution < 1.29 is 4.79 Å². The molecule has 27 heavy (non-hydrogen) atoms. The van der Waals surface area contributed by atoms with Crippen molar-refractivity contribution in [2.45, 2.75) is 6.92 Å². The molecule has 3 aromatic heterocycles. The molecule has 134 valence electrons. The highest BCUT2D eigenvalue weighted by molar-refractivity contribution is 6.33. The predicted molar refractivity (Wildman–Crippen MR) is 106 cm³/mol. The van der Waals surface area contributed by atoms with Gasteiger partial charge in [-0.15, -0.1) is 0 Å². The van der Waals surface area contributed by atoms with Crippen LogP contribution in [-0.2, 0) is 0 Å². The highest BCUT2D eigenvalue weighted by atomic mass is 35.5. The number of halogens is 1. The molecule has 0 aliphatic carbocycles. The lowest BCUT2D eigenvalue weighted by molar-refractivity contribution is 0.0955. The molecule has 1 aromatic carbocycles. The van der Waals surface area contributed by atoms with Crippen LogP contribution < -0.4 is 5.32 Å². The standard InChI is InChI=1S/C20H16ClN5O/c1-2-22-20(27)14-10-15(21)17(24-11-14)12-5-7-13(8-6-12)18-25-16-4-3-9-23-19(16)26-18/h3-11H,2H2,1H3,(H,22,27)(H,23,25,26). The van der Waals surface area contributed by atoms with E-state index in [9.17, 15) is 4.79 Å². The first-order valence-electron chi connectivity index (χ1n) is 8.51. The molecule has 0 bridgehead atoms. The van der Waals surface area contributed by atoms with Gasteiger partial charge in [-0.25, -0.2) is 9.97 Å². The Labute approximate surface area is 160 Å². The average molecular weight is 378 g/mol. The fraction of sp³-hybridized carbons (Fsp3) is 0.100. The average Bonchev–Trinajstić information content (AvgIpc) is 3.12. The van der Waals surface area contributed by atoms with E-state index in [1.54, 1.807) is 12.3 Å². The van der Waals surface area contributed by atoms with Gasteiger partial charge in [-0.1, -0.05) is 35.9 Å². The van der Waals surface area contributed by atoms with E-state index >= 15 is 0 Å². The zero-order valence-corrected chi connectivity index (χ0v) is 15.3. The van der Waals surface area contributed by atoms with Gasteiger partial charge in [-0.2, -0.15) is 0 Å². The quantitative estimate of drug-likeness (QED) is 0.561. The molecule has 0 unspecified atom stereocenters. The molecule has 1 amide bonds. The van der Waals surface area contributed by atoms with Crippen molar-refractivity contribution in [1.82, 2.24) is 25.3 Å². The highest BCUT2D eigenvalue weighted by Gasteiger charge is 2.12. The van der Waals surface area contributed by atoms with Gasteiger partial charge >= 0.3 is 0 Å². The van der Waals surface area contributed by atoms with Crippen molar-refractivity contribution in [3.8, 4) is 22.6 Å². The van der Waals surface area contributed by atoms with Crippen LogP contribution in [0.2, 0.25) is 5.02 Å². The number of hydrogen-bond acceptors (Lipinski definition) is 4. The topological polar surface area (TPSA) is 83.6 Å². The number of nitrogens with one attached hydrogen (secondary N) is 2. The Morgan fingerprint density at radius 2 is 1.93 bits per heavy atom. The maximum absolute atomic E-state index is 11.9. The van der Waals surface area contributed by atoms with Crippen LogP contribution >= 0.6 is 11.6 Å². The number of imidazole rings is 1. The molecular weight excluding hydrogens is 362 g/mol. The molecule has 0 atom stereocenters. The molecule has 0 spiro atoms. The maximum atomic E-state index is 11.9. The fourth-order valence-corrected chi connectivity index (χ4v) is 3.08. The maximum Gasteiger partial charge on any atom is 0.252 e. The van der Waals surface area contributed by atoms with Gasteiger partial charge in [0.15, 0.2) is 5.65 Å². The molecule has 0 saturated carbocycles. The normalized spacial score (nSPS) is 10.9. The second-order valence-electron chi connectivity index (χ2n) is 5.95. The lowest BCUT2D eigenvalue weighted by Crippen LogP contribution is -2.22. The summed E-state index contributed by atoms with van der Waals surface area (Å²) < 4.78 is 0. The van der Waals surface area contributed by atoms with Crippen LogP contribution in [0.15, 0.2) is 54.9 Å². The number of carbonyl (C=O) groups is 1. The molecule has 2 N–H and O–H groups in total. The van der Waals surface area contributed by atoms with Gasteiger partial charge in [-0.3, -0.25) is 9.78 Å². The number of hydrogen-bond donors (Lipinski definition) is 2. The van der Waals surface area contributed by atoms with Gasteiger partial charge in [0.1, 0.15) is 5.82 Å². The molecule has 0 saturated heterocycles. The minimum atomic E-state index is -0.188. The molecule has 0 aliphatic rings. The Bertz CT molecular complexity index is 1090. The smallest absolute Gasteiger partial charge is 0.252 e. The summed E-state index contributed by atoms with van der Waals surface area (Å²) in [6.07, 6.45) is 3.25. The number of fused-ring (bicyclic) bond motifs is 1. The Morgan fingerprint density at radius 3 is 2.63 bits per heavy atom. The largest absolute Gasteiger partial charge is 0.352 e. The number of H-pyrrole nitrogens is 1. The molecule has 0 aliphatic heterocycles. The summed E-state index contributed by atoms with van der Waals surface area (Å²) in [6, 6.07) is 13.2. The molecule has 4 aromatic rings. The summed E-state index contributed by atoms with van der Waals surface area (Å²) in [6.45, 7) is 2.41. The monoisotopic (exact) mass is 377 g/mol. The van der Waals surface area contributed by atoms with Crippen LogP contribution in [-0.4, -0.2) is 32.4 Å². The predicted octanol–water partition coefficient (Wildman–Crippen LogP) is 4.09. The number of carbonyl (C=O) groups excluding carboxylic acids is 1. The van der Waals surface area contributed by atoms with E-state index in [-0.39, 0.29) is 5.91 Å². The van der Waals surface area contributed by atoms with Crippen LogP contribution in [0.4, 0.5) is 0 Å². The molecule has 4 rings (SSSR count). The van der Waals surface area contributed by atoms with Crippen LogP contribution in [0.3, 0.4) is 0 Å². The Morgan fingerprint density at radius 1 is 1.15 bits per heavy atom. The van der Waals surface area contributed by atoms with E-state index < -0.39 is 0 Å². The molecule has 0 fully saturated rings. The van der Waals surface area contributed by atoms with E-state index in [1.807, 2.05) is 43.3 Å². The first-order chi connectivity index (χ1) is 13.2. The number of amides is 1. The second-order valence-corrected chi connectivity index (χ2v) is 6.36. The van der Waals surface area contributed by atoms with Crippen molar-refractivity contribution in [2.75, 3.05) is 6.54 Å². The Kier molecular flexibility index (Phi) is 4.56. The van der Waals surface area contributed by atoms with E-state index in [1.165, 1.54) is 6.20 Å². The molecule has 7 heteroatoms. The summed E-state index contributed by atoms with van der Waals surface area (Å²) in [5.41, 5.74) is 4.44. The molecule has 0 radical (unpaired) electrons. The van der Waals surface area contributed by atoms with E-state index in [2.05, 4.69) is 25.3 Å². The van der Waals surface area contributed by atoms with Gasteiger partial charge in [0.25, 0.3) is 5.91 Å². The first kappa shape index (κ1) is 17.2. The summed E-state index contributed by atoms with van der Waals surface area (Å²) in [7, 11) is 0.